The van der Waals surface area contributed by atoms with Gasteiger partial charge in [-0.2, -0.15) is 5.10 Å². The molecular weight excluding hydrogens is 314 g/mol. The minimum atomic E-state index is -0.252. The fourth-order valence-electron chi connectivity index (χ4n) is 2.08. The molecule has 2 amide bonds. The second-order valence-corrected chi connectivity index (χ2v) is 5.91. The molecular formula is C15H15N5O2S. The molecule has 0 bridgehead atoms. The number of carbonyl (C=O) groups excluding carboxylic acids is 2. The smallest absolute Gasteiger partial charge is 0.269 e. The molecule has 0 unspecified atom stereocenters. The van der Waals surface area contributed by atoms with Crippen molar-refractivity contribution in [2.75, 3.05) is 11.9 Å². The average Bonchev–Trinajstić information content (AvgIpc) is 3.12. The van der Waals surface area contributed by atoms with Crippen molar-refractivity contribution in [1.82, 2.24) is 20.1 Å². The molecule has 0 spiro atoms. The molecule has 0 atom stereocenters. The van der Waals surface area contributed by atoms with Crippen molar-refractivity contribution in [2.24, 2.45) is 7.05 Å². The van der Waals surface area contributed by atoms with E-state index in [1.165, 1.54) is 16.0 Å². The van der Waals surface area contributed by atoms with Crippen molar-refractivity contribution >= 4 is 38.5 Å². The molecule has 1 aromatic carbocycles. The summed E-state index contributed by atoms with van der Waals surface area (Å²) in [6.45, 7) is 0.251. The Hall–Kier alpha value is -2.74. The fourth-order valence-corrected chi connectivity index (χ4v) is 2.97. The number of aromatic nitrogens is 3. The summed E-state index contributed by atoms with van der Waals surface area (Å²) in [4.78, 5) is 28.1. The molecule has 3 rings (SSSR count). The van der Waals surface area contributed by atoms with Crippen LogP contribution in [0.4, 0.5) is 5.13 Å². The predicted molar refractivity (Wildman–Crippen MR) is 88.4 cm³/mol. The number of hydrogen-bond donors (Lipinski definition) is 2. The Labute approximate surface area is 136 Å². The lowest BCUT2D eigenvalue weighted by Crippen LogP contribution is -2.29. The summed E-state index contributed by atoms with van der Waals surface area (Å²) in [5.74, 6) is -0.438. The van der Waals surface area contributed by atoms with Crippen LogP contribution in [0.5, 0.6) is 0 Å². The minimum Gasteiger partial charge on any atom is -0.350 e. The maximum atomic E-state index is 11.9. The summed E-state index contributed by atoms with van der Waals surface area (Å²) in [5.41, 5.74) is 1.31. The topological polar surface area (TPSA) is 88.9 Å². The van der Waals surface area contributed by atoms with E-state index >= 15 is 0 Å². The quantitative estimate of drug-likeness (QED) is 0.747. The number of nitrogens with one attached hydrogen (secondary N) is 2. The highest BCUT2D eigenvalue weighted by atomic mass is 32.1. The molecule has 118 valence electrons. The lowest BCUT2D eigenvalue weighted by molar-refractivity contribution is -0.116. The number of thiazole rings is 1. The van der Waals surface area contributed by atoms with Crippen LogP contribution in [0, 0.1) is 0 Å². The Balaban J connectivity index is 1.50. The van der Waals surface area contributed by atoms with E-state index < -0.39 is 0 Å². The van der Waals surface area contributed by atoms with Crippen LogP contribution < -0.4 is 10.6 Å². The van der Waals surface area contributed by atoms with Crippen molar-refractivity contribution in [1.29, 1.82) is 0 Å². The van der Waals surface area contributed by atoms with Gasteiger partial charge >= 0.3 is 0 Å². The Morgan fingerprint density at radius 2 is 2.09 bits per heavy atom. The normalized spacial score (nSPS) is 10.7. The van der Waals surface area contributed by atoms with Gasteiger partial charge in [0.1, 0.15) is 5.69 Å². The average molecular weight is 329 g/mol. The van der Waals surface area contributed by atoms with Gasteiger partial charge in [-0.15, -0.1) is 0 Å². The molecule has 8 heteroatoms. The van der Waals surface area contributed by atoms with Crippen molar-refractivity contribution in [3.05, 3.63) is 42.2 Å². The zero-order chi connectivity index (χ0) is 16.2. The molecule has 0 fully saturated rings. The number of nitrogens with zero attached hydrogens (tertiary/aromatic N) is 3. The largest absolute Gasteiger partial charge is 0.350 e. The van der Waals surface area contributed by atoms with E-state index in [-0.39, 0.29) is 24.8 Å². The molecule has 23 heavy (non-hydrogen) atoms. The SMILES string of the molecule is Cn1nccc1C(=O)NCCC(=O)Nc1nc2ccccc2s1. The standard InChI is InChI=1S/C15H15N5O2S/c1-20-11(6-9-17-20)14(22)16-8-7-13(21)19-15-18-10-4-2-3-5-12(10)23-15/h2-6,9H,7-8H2,1H3,(H,16,22)(H,18,19,21). The molecule has 2 aromatic heterocycles. The Morgan fingerprint density at radius 1 is 1.26 bits per heavy atom. The van der Waals surface area contributed by atoms with E-state index in [4.69, 9.17) is 0 Å². The van der Waals surface area contributed by atoms with E-state index in [9.17, 15) is 9.59 Å². The van der Waals surface area contributed by atoms with Crippen molar-refractivity contribution in [2.45, 2.75) is 6.42 Å². The Kier molecular flexibility index (Phi) is 4.33. The molecule has 0 aliphatic carbocycles. The van der Waals surface area contributed by atoms with Crippen LogP contribution in [-0.4, -0.2) is 33.1 Å². The Morgan fingerprint density at radius 3 is 2.83 bits per heavy atom. The first kappa shape index (κ1) is 15.2. The molecule has 0 saturated heterocycles. The first-order valence-corrected chi connectivity index (χ1v) is 7.87. The second kappa shape index (κ2) is 6.57. The number of aryl methyl sites for hydroxylation is 1. The number of rotatable bonds is 5. The van der Waals surface area contributed by atoms with Crippen LogP contribution in [0.3, 0.4) is 0 Å². The third kappa shape index (κ3) is 3.54. The maximum absolute atomic E-state index is 11.9. The summed E-state index contributed by atoms with van der Waals surface area (Å²) >= 11 is 1.42. The highest BCUT2D eigenvalue weighted by molar-refractivity contribution is 7.22. The van der Waals surface area contributed by atoms with Crippen LogP contribution in [0.2, 0.25) is 0 Å². The van der Waals surface area contributed by atoms with Crippen LogP contribution >= 0.6 is 11.3 Å². The highest BCUT2D eigenvalue weighted by Gasteiger charge is 2.11. The number of para-hydroxylation sites is 1. The first-order valence-electron chi connectivity index (χ1n) is 7.05. The fraction of sp³-hybridized carbons (Fsp3) is 0.200. The zero-order valence-electron chi connectivity index (χ0n) is 12.4. The summed E-state index contributed by atoms with van der Waals surface area (Å²) < 4.78 is 2.50. The number of amides is 2. The minimum absolute atomic E-state index is 0.180. The van der Waals surface area contributed by atoms with Gasteiger partial charge in [-0.05, 0) is 18.2 Å². The summed E-state index contributed by atoms with van der Waals surface area (Å²) in [6.07, 6.45) is 1.73. The van der Waals surface area contributed by atoms with E-state index in [0.717, 1.165) is 10.2 Å². The summed E-state index contributed by atoms with van der Waals surface area (Å²) in [7, 11) is 1.69. The van der Waals surface area contributed by atoms with Crippen LogP contribution in [0.25, 0.3) is 10.2 Å². The number of benzene rings is 1. The highest BCUT2D eigenvalue weighted by Crippen LogP contribution is 2.25. The van der Waals surface area contributed by atoms with Gasteiger partial charge in [-0.1, -0.05) is 23.5 Å². The molecule has 2 heterocycles. The number of anilines is 1. The molecule has 0 aliphatic heterocycles. The van der Waals surface area contributed by atoms with E-state index in [0.29, 0.717) is 10.8 Å². The third-order valence-corrected chi connectivity index (χ3v) is 4.18. The molecule has 0 aliphatic rings. The Bertz CT molecular complexity index is 821. The van der Waals surface area contributed by atoms with Crippen LogP contribution in [0.1, 0.15) is 16.9 Å². The maximum Gasteiger partial charge on any atom is 0.269 e. The molecule has 7 nitrogen and oxygen atoms in total. The number of hydrogen-bond acceptors (Lipinski definition) is 5. The van der Waals surface area contributed by atoms with Crippen molar-refractivity contribution < 1.29 is 9.59 Å². The van der Waals surface area contributed by atoms with Gasteiger partial charge in [0, 0.05) is 26.2 Å². The lowest BCUT2D eigenvalue weighted by atomic mass is 10.3. The van der Waals surface area contributed by atoms with E-state index in [1.54, 1.807) is 19.3 Å². The van der Waals surface area contributed by atoms with Gasteiger partial charge in [-0.3, -0.25) is 14.3 Å². The number of fused-ring (bicyclic) bond motifs is 1. The second-order valence-electron chi connectivity index (χ2n) is 4.88. The van der Waals surface area contributed by atoms with Crippen molar-refractivity contribution in [3.63, 3.8) is 0 Å². The van der Waals surface area contributed by atoms with Gasteiger partial charge in [0.25, 0.3) is 5.91 Å². The molecule has 0 saturated carbocycles. The van der Waals surface area contributed by atoms with E-state index in [1.807, 2.05) is 24.3 Å². The lowest BCUT2D eigenvalue weighted by Gasteiger charge is -2.05. The molecule has 2 N–H and O–H groups in total. The van der Waals surface area contributed by atoms with Crippen molar-refractivity contribution in [3.8, 4) is 0 Å². The van der Waals surface area contributed by atoms with E-state index in [2.05, 4.69) is 20.7 Å². The number of carbonyl (C=O) groups is 2. The molecule has 0 radical (unpaired) electrons. The van der Waals surface area contributed by atoms with Gasteiger partial charge in [-0.25, -0.2) is 4.98 Å². The summed E-state index contributed by atoms with van der Waals surface area (Å²) in [6, 6.07) is 9.31. The van der Waals surface area contributed by atoms with Gasteiger partial charge < -0.3 is 10.6 Å². The third-order valence-electron chi connectivity index (χ3n) is 3.23. The monoisotopic (exact) mass is 329 g/mol. The predicted octanol–water partition coefficient (Wildman–Crippen LogP) is 1.79. The molecule has 3 aromatic rings. The van der Waals surface area contributed by atoms with Crippen LogP contribution in [0.15, 0.2) is 36.5 Å². The zero-order valence-corrected chi connectivity index (χ0v) is 13.3. The summed E-state index contributed by atoms with van der Waals surface area (Å²) in [5, 5.41) is 9.93. The van der Waals surface area contributed by atoms with Gasteiger partial charge in [0.2, 0.25) is 5.91 Å². The van der Waals surface area contributed by atoms with Crippen LogP contribution in [-0.2, 0) is 11.8 Å². The first-order chi connectivity index (χ1) is 11.1. The van der Waals surface area contributed by atoms with Gasteiger partial charge in [0.15, 0.2) is 5.13 Å². The van der Waals surface area contributed by atoms with Gasteiger partial charge in [0.05, 0.1) is 10.2 Å².